The summed E-state index contributed by atoms with van der Waals surface area (Å²) >= 11 is 4.62. The van der Waals surface area contributed by atoms with Crippen LogP contribution >= 0.6 is 12.2 Å². The fraction of sp³-hybridized carbons (Fsp3) is 0.0769. The Labute approximate surface area is 121 Å². The summed E-state index contributed by atoms with van der Waals surface area (Å²) in [6.45, 7) is 1.91. The van der Waals surface area contributed by atoms with E-state index in [-0.39, 0.29) is 5.11 Å². The number of hydrogen-bond donors (Lipinski definition) is 3. The number of hydrazone groups is 1. The highest BCUT2D eigenvalue weighted by molar-refractivity contribution is 7.80. The lowest BCUT2D eigenvalue weighted by atomic mass is 10.1. The molecule has 1 aromatic heterocycles. The molecule has 0 saturated heterocycles. The number of furan rings is 1. The van der Waals surface area contributed by atoms with Crippen molar-refractivity contribution in [1.29, 1.82) is 0 Å². The van der Waals surface area contributed by atoms with Gasteiger partial charge in [-0.25, -0.2) is 0 Å². The molecule has 0 spiro atoms. The maximum atomic E-state index is 11.0. The van der Waals surface area contributed by atoms with Crippen molar-refractivity contribution in [3.05, 3.63) is 46.9 Å². The first kappa shape index (κ1) is 14.0. The quantitative estimate of drug-likeness (QED) is 0.454. The second-order valence-electron chi connectivity index (χ2n) is 4.09. The Bertz CT molecular complexity index is 652. The van der Waals surface area contributed by atoms with Crippen LogP contribution < -0.4 is 16.6 Å². The second-order valence-corrected chi connectivity index (χ2v) is 4.53. The lowest BCUT2D eigenvalue weighted by Gasteiger charge is -2.14. The highest BCUT2D eigenvalue weighted by Crippen LogP contribution is 2.29. The van der Waals surface area contributed by atoms with Crippen molar-refractivity contribution >= 4 is 29.2 Å². The van der Waals surface area contributed by atoms with Crippen molar-refractivity contribution in [3.8, 4) is 11.3 Å². The third-order valence-electron chi connectivity index (χ3n) is 2.54. The van der Waals surface area contributed by atoms with E-state index in [2.05, 4.69) is 22.7 Å². The van der Waals surface area contributed by atoms with Crippen LogP contribution in [0, 0.1) is 12.1 Å². The van der Waals surface area contributed by atoms with Crippen molar-refractivity contribution < 1.29 is 4.42 Å². The number of anilines is 1. The molecule has 0 aliphatic carbocycles. The van der Waals surface area contributed by atoms with Gasteiger partial charge in [0.15, 0.2) is 5.11 Å². The summed E-state index contributed by atoms with van der Waals surface area (Å²) in [7, 11) is 0. The van der Waals surface area contributed by atoms with Crippen molar-refractivity contribution in [3.63, 3.8) is 0 Å². The van der Waals surface area contributed by atoms with Crippen LogP contribution in [-0.4, -0.2) is 11.3 Å². The Morgan fingerprint density at radius 1 is 1.40 bits per heavy atom. The van der Waals surface area contributed by atoms with E-state index >= 15 is 0 Å². The van der Waals surface area contributed by atoms with Gasteiger partial charge in [0.25, 0.3) is 0 Å². The summed E-state index contributed by atoms with van der Waals surface area (Å²) < 4.78 is 5.58. The van der Waals surface area contributed by atoms with E-state index in [0.717, 1.165) is 5.56 Å². The maximum Gasteiger partial charge on any atom is 0.184 e. The van der Waals surface area contributed by atoms with E-state index in [1.54, 1.807) is 18.2 Å². The van der Waals surface area contributed by atoms with E-state index in [4.69, 9.17) is 10.2 Å². The number of hydrogen-bond acceptors (Lipinski definition) is 5. The minimum atomic E-state index is 0.0735. The molecule has 0 unspecified atom stereocenters. The average molecular weight is 289 g/mol. The van der Waals surface area contributed by atoms with Crippen LogP contribution in [0.4, 0.5) is 5.69 Å². The van der Waals surface area contributed by atoms with Gasteiger partial charge in [-0.3, -0.25) is 5.43 Å². The molecule has 0 aliphatic heterocycles. The molecule has 7 heteroatoms. The number of thiocarbonyl (C=S) groups is 1. The van der Waals surface area contributed by atoms with Gasteiger partial charge in [0.05, 0.1) is 6.21 Å². The van der Waals surface area contributed by atoms with Crippen LogP contribution in [0.3, 0.4) is 0 Å². The van der Waals surface area contributed by atoms with Crippen molar-refractivity contribution in [2.45, 2.75) is 6.92 Å². The van der Waals surface area contributed by atoms with Crippen molar-refractivity contribution in [2.75, 3.05) is 5.48 Å². The van der Waals surface area contributed by atoms with Gasteiger partial charge >= 0.3 is 0 Å². The highest BCUT2D eigenvalue weighted by Gasteiger charge is 2.07. The highest BCUT2D eigenvalue weighted by atomic mass is 32.1. The Morgan fingerprint density at radius 3 is 2.90 bits per heavy atom. The molecule has 104 valence electrons. The van der Waals surface area contributed by atoms with E-state index in [1.807, 2.05) is 24.5 Å². The third kappa shape index (κ3) is 3.34. The Kier molecular flexibility index (Phi) is 4.34. The summed E-state index contributed by atoms with van der Waals surface area (Å²) in [5.41, 5.74) is 11.7. The van der Waals surface area contributed by atoms with Gasteiger partial charge in [-0.1, -0.05) is 6.07 Å². The first-order chi connectivity index (χ1) is 9.60. The largest absolute Gasteiger partial charge is 0.761 e. The number of rotatable bonds is 4. The summed E-state index contributed by atoms with van der Waals surface area (Å²) in [6, 6.07) is 8.97. The molecule has 0 radical (unpaired) electrons. The van der Waals surface area contributed by atoms with E-state index < -0.39 is 0 Å². The van der Waals surface area contributed by atoms with Gasteiger partial charge in [0.1, 0.15) is 11.5 Å². The molecule has 0 bridgehead atoms. The summed E-state index contributed by atoms with van der Waals surface area (Å²) in [4.78, 5) is 0. The molecular formula is C13H13N4O2S-. The molecule has 6 nitrogen and oxygen atoms in total. The minimum absolute atomic E-state index is 0.0735. The van der Waals surface area contributed by atoms with Crippen LogP contribution in [0.25, 0.3) is 11.3 Å². The fourth-order valence-electron chi connectivity index (χ4n) is 1.68. The Morgan fingerprint density at radius 2 is 2.20 bits per heavy atom. The molecule has 2 rings (SSSR count). The molecule has 1 heterocycles. The first-order valence-electron chi connectivity index (χ1n) is 5.77. The fourth-order valence-corrected chi connectivity index (χ4v) is 1.74. The lowest BCUT2D eigenvalue weighted by Crippen LogP contribution is -2.23. The minimum Gasteiger partial charge on any atom is -0.761 e. The molecule has 20 heavy (non-hydrogen) atoms. The van der Waals surface area contributed by atoms with Crippen LogP contribution in [0.15, 0.2) is 39.9 Å². The first-order valence-corrected chi connectivity index (χ1v) is 6.18. The van der Waals surface area contributed by atoms with E-state index in [0.29, 0.717) is 22.8 Å². The SMILES string of the molecule is Cc1ccc(-c2ccc(/C=N/NC(N)=S)o2)c(N[O-])c1. The van der Waals surface area contributed by atoms with Crippen LogP contribution in [0.5, 0.6) is 0 Å². The van der Waals surface area contributed by atoms with E-state index in [9.17, 15) is 5.21 Å². The van der Waals surface area contributed by atoms with Gasteiger partial charge in [-0.2, -0.15) is 5.10 Å². The predicted molar refractivity (Wildman–Crippen MR) is 83.4 cm³/mol. The zero-order valence-corrected chi connectivity index (χ0v) is 11.5. The van der Waals surface area contributed by atoms with Gasteiger partial charge in [0.2, 0.25) is 0 Å². The number of nitrogens with zero attached hydrogens (tertiary/aromatic N) is 1. The van der Waals surface area contributed by atoms with Crippen LogP contribution in [0.1, 0.15) is 11.3 Å². The van der Waals surface area contributed by atoms with Gasteiger partial charge in [0, 0.05) is 11.3 Å². The molecule has 4 N–H and O–H groups in total. The smallest absolute Gasteiger partial charge is 0.184 e. The van der Waals surface area contributed by atoms with Gasteiger partial charge in [-0.15, -0.1) is 0 Å². The second kappa shape index (κ2) is 6.18. The third-order valence-corrected chi connectivity index (χ3v) is 2.64. The van der Waals surface area contributed by atoms with Crippen molar-refractivity contribution in [1.82, 2.24) is 5.43 Å². The zero-order valence-electron chi connectivity index (χ0n) is 10.7. The molecule has 0 aliphatic rings. The zero-order chi connectivity index (χ0) is 14.5. The number of benzene rings is 1. The lowest BCUT2D eigenvalue weighted by molar-refractivity contribution is 0.575. The molecule has 1 aromatic carbocycles. The topological polar surface area (TPSA) is 98.6 Å². The molecule has 0 atom stereocenters. The molecule has 0 saturated carbocycles. The summed E-state index contributed by atoms with van der Waals surface area (Å²) in [5, 5.41) is 14.8. The molecule has 2 aromatic rings. The van der Waals surface area contributed by atoms with E-state index in [1.165, 1.54) is 6.21 Å². The number of aryl methyl sites for hydroxylation is 1. The maximum absolute atomic E-state index is 11.0. The number of nitrogens with one attached hydrogen (secondary N) is 2. The van der Waals surface area contributed by atoms with Gasteiger partial charge in [-0.05, 0) is 49.0 Å². The van der Waals surface area contributed by atoms with Crippen LogP contribution in [0.2, 0.25) is 0 Å². The number of nitrogens with two attached hydrogens (primary N) is 1. The monoisotopic (exact) mass is 289 g/mol. The predicted octanol–water partition coefficient (Wildman–Crippen LogP) is 2.33. The van der Waals surface area contributed by atoms with Crippen LogP contribution in [-0.2, 0) is 0 Å². The Balaban J connectivity index is 2.24. The molecule has 0 amide bonds. The summed E-state index contributed by atoms with van der Waals surface area (Å²) in [5.74, 6) is 1.08. The Hall–Kier alpha value is -2.38. The average Bonchev–Trinajstić information content (AvgIpc) is 2.86. The molecular weight excluding hydrogens is 276 g/mol. The van der Waals surface area contributed by atoms with Crippen molar-refractivity contribution in [2.24, 2.45) is 10.8 Å². The molecule has 0 fully saturated rings. The summed E-state index contributed by atoms with van der Waals surface area (Å²) in [6.07, 6.45) is 1.45. The standard InChI is InChI=1S/C13H13N4O2S/c1-8-2-4-10(11(6-8)17-18)12-5-3-9(19-12)7-15-16-13(14)20/h2-7,17H,1H3,(H3,14,16,20)/q-1/b15-7+. The normalized spacial score (nSPS) is 10.7. The van der Waals surface area contributed by atoms with Gasteiger partial charge < -0.3 is 20.8 Å².